The van der Waals surface area contributed by atoms with Crippen LogP contribution in [0, 0.1) is 0 Å². The summed E-state index contributed by atoms with van der Waals surface area (Å²) in [5, 5.41) is 28.8. The SMILES string of the molecule is CCCCCCCCOc1ccc(/C=C/C(=O)c2c(O)cc(O)cc2O)cc1. The molecule has 0 radical (unpaired) electrons. The van der Waals surface area contributed by atoms with Crippen LogP contribution in [0.15, 0.2) is 42.5 Å². The Morgan fingerprint density at radius 3 is 2.18 bits per heavy atom. The predicted molar refractivity (Wildman–Crippen MR) is 110 cm³/mol. The first kappa shape index (κ1) is 21.4. The molecule has 2 aromatic carbocycles. The van der Waals surface area contributed by atoms with E-state index >= 15 is 0 Å². The molecule has 0 saturated carbocycles. The van der Waals surface area contributed by atoms with Gasteiger partial charge in [0, 0.05) is 12.1 Å². The maximum absolute atomic E-state index is 12.2. The first-order valence-electron chi connectivity index (χ1n) is 9.71. The van der Waals surface area contributed by atoms with Crippen LogP contribution in [0.25, 0.3) is 6.08 Å². The van der Waals surface area contributed by atoms with E-state index in [0.29, 0.717) is 6.61 Å². The fraction of sp³-hybridized carbons (Fsp3) is 0.348. The number of aromatic hydroxyl groups is 3. The van der Waals surface area contributed by atoms with Crippen LogP contribution < -0.4 is 4.74 Å². The van der Waals surface area contributed by atoms with Crippen LogP contribution in [-0.4, -0.2) is 27.7 Å². The number of benzene rings is 2. The molecule has 0 heterocycles. The number of allylic oxidation sites excluding steroid dienone is 1. The molecule has 0 aliphatic heterocycles. The molecular formula is C23H28O5. The van der Waals surface area contributed by atoms with Gasteiger partial charge in [-0.2, -0.15) is 0 Å². The lowest BCUT2D eigenvalue weighted by atomic mass is 10.1. The van der Waals surface area contributed by atoms with Gasteiger partial charge in [0.05, 0.1) is 6.61 Å². The lowest BCUT2D eigenvalue weighted by Crippen LogP contribution is -1.97. The Morgan fingerprint density at radius 2 is 1.54 bits per heavy atom. The van der Waals surface area contributed by atoms with Crippen LogP contribution >= 0.6 is 0 Å². The molecule has 150 valence electrons. The Balaban J connectivity index is 1.84. The minimum Gasteiger partial charge on any atom is -0.508 e. The number of hydrogen-bond donors (Lipinski definition) is 3. The van der Waals surface area contributed by atoms with Crippen molar-refractivity contribution in [2.45, 2.75) is 45.4 Å². The molecule has 3 N–H and O–H groups in total. The molecule has 5 heteroatoms. The topological polar surface area (TPSA) is 87.0 Å². The average Bonchev–Trinajstić information content (AvgIpc) is 2.66. The molecule has 5 nitrogen and oxygen atoms in total. The van der Waals surface area contributed by atoms with E-state index in [2.05, 4.69) is 6.92 Å². The number of carbonyl (C=O) groups excluding carboxylic acids is 1. The molecule has 0 unspecified atom stereocenters. The van der Waals surface area contributed by atoms with Gasteiger partial charge in [-0.25, -0.2) is 0 Å². The van der Waals surface area contributed by atoms with Gasteiger partial charge >= 0.3 is 0 Å². The highest BCUT2D eigenvalue weighted by Crippen LogP contribution is 2.32. The highest BCUT2D eigenvalue weighted by atomic mass is 16.5. The third-order valence-electron chi connectivity index (χ3n) is 4.40. The number of carbonyl (C=O) groups is 1. The maximum Gasteiger partial charge on any atom is 0.193 e. The quantitative estimate of drug-likeness (QED) is 0.273. The lowest BCUT2D eigenvalue weighted by molar-refractivity contribution is 0.104. The van der Waals surface area contributed by atoms with E-state index in [1.54, 1.807) is 6.08 Å². The van der Waals surface area contributed by atoms with Crippen molar-refractivity contribution in [1.29, 1.82) is 0 Å². The summed E-state index contributed by atoms with van der Waals surface area (Å²) < 4.78 is 5.72. The lowest BCUT2D eigenvalue weighted by Gasteiger charge is -2.06. The summed E-state index contributed by atoms with van der Waals surface area (Å²) in [6.07, 6.45) is 10.2. The van der Waals surface area contributed by atoms with Gasteiger partial charge in [0.15, 0.2) is 5.78 Å². The molecule has 0 atom stereocenters. The van der Waals surface area contributed by atoms with E-state index in [1.165, 1.54) is 38.2 Å². The van der Waals surface area contributed by atoms with E-state index in [1.807, 2.05) is 24.3 Å². The highest BCUT2D eigenvalue weighted by molar-refractivity contribution is 6.10. The maximum atomic E-state index is 12.2. The molecule has 28 heavy (non-hydrogen) atoms. The number of phenolic OH excluding ortho intramolecular Hbond substituents is 3. The van der Waals surface area contributed by atoms with Crippen LogP contribution in [-0.2, 0) is 0 Å². The molecule has 2 aromatic rings. The summed E-state index contributed by atoms with van der Waals surface area (Å²) in [7, 11) is 0. The predicted octanol–water partition coefficient (Wildman–Crippen LogP) is 5.44. The van der Waals surface area contributed by atoms with Crippen molar-refractivity contribution in [3.63, 3.8) is 0 Å². The van der Waals surface area contributed by atoms with Crippen molar-refractivity contribution in [2.75, 3.05) is 6.61 Å². The molecule has 0 amide bonds. The Kier molecular flexibility index (Phi) is 8.40. The molecule has 0 bridgehead atoms. The molecule has 0 aromatic heterocycles. The van der Waals surface area contributed by atoms with Crippen LogP contribution in [0.4, 0.5) is 0 Å². The van der Waals surface area contributed by atoms with Crippen molar-refractivity contribution in [3.05, 3.63) is 53.6 Å². The number of ether oxygens (including phenoxy) is 1. The van der Waals surface area contributed by atoms with Crippen LogP contribution in [0.5, 0.6) is 23.0 Å². The zero-order valence-electron chi connectivity index (χ0n) is 16.2. The van der Waals surface area contributed by atoms with E-state index in [-0.39, 0.29) is 11.3 Å². The van der Waals surface area contributed by atoms with E-state index in [4.69, 9.17) is 4.74 Å². The van der Waals surface area contributed by atoms with Crippen LogP contribution in [0.3, 0.4) is 0 Å². The standard InChI is InChI=1S/C23H28O5/c1-2-3-4-5-6-7-14-28-19-11-8-17(9-12-19)10-13-20(25)23-21(26)15-18(24)16-22(23)27/h8-13,15-16,24,26-27H,2-7,14H2,1H3/b13-10+. The Hall–Kier alpha value is -2.95. The summed E-state index contributed by atoms with van der Waals surface area (Å²) in [6.45, 7) is 2.90. The fourth-order valence-corrected chi connectivity index (χ4v) is 2.85. The first-order chi connectivity index (χ1) is 13.5. The van der Waals surface area contributed by atoms with E-state index < -0.39 is 17.3 Å². The van der Waals surface area contributed by atoms with Crippen molar-refractivity contribution in [3.8, 4) is 23.0 Å². The van der Waals surface area contributed by atoms with Crippen molar-refractivity contribution in [1.82, 2.24) is 0 Å². The fourth-order valence-electron chi connectivity index (χ4n) is 2.85. The van der Waals surface area contributed by atoms with Gasteiger partial charge in [-0.1, -0.05) is 57.2 Å². The number of hydrogen-bond acceptors (Lipinski definition) is 5. The normalized spacial score (nSPS) is 11.0. The molecule has 0 saturated heterocycles. The summed E-state index contributed by atoms with van der Waals surface area (Å²) in [5.41, 5.74) is 0.547. The highest BCUT2D eigenvalue weighted by Gasteiger charge is 2.15. The van der Waals surface area contributed by atoms with E-state index in [0.717, 1.165) is 29.9 Å². The largest absolute Gasteiger partial charge is 0.508 e. The third kappa shape index (κ3) is 6.65. The van der Waals surface area contributed by atoms with Gasteiger partial charge in [-0.3, -0.25) is 4.79 Å². The van der Waals surface area contributed by atoms with Gasteiger partial charge in [0.2, 0.25) is 0 Å². The number of unbranched alkanes of at least 4 members (excludes halogenated alkanes) is 5. The van der Waals surface area contributed by atoms with Gasteiger partial charge in [-0.05, 0) is 30.2 Å². The third-order valence-corrected chi connectivity index (χ3v) is 4.40. The van der Waals surface area contributed by atoms with Crippen LogP contribution in [0.1, 0.15) is 61.4 Å². The minimum absolute atomic E-state index is 0.243. The van der Waals surface area contributed by atoms with Gasteiger partial charge in [-0.15, -0.1) is 0 Å². The second-order valence-electron chi connectivity index (χ2n) is 6.74. The zero-order chi connectivity index (χ0) is 20.4. The number of rotatable bonds is 11. The van der Waals surface area contributed by atoms with Crippen LogP contribution in [0.2, 0.25) is 0 Å². The number of phenols is 3. The average molecular weight is 384 g/mol. The molecule has 0 aliphatic rings. The molecular weight excluding hydrogens is 356 g/mol. The minimum atomic E-state index is -0.557. The summed E-state index contributed by atoms with van der Waals surface area (Å²) in [4.78, 5) is 12.2. The van der Waals surface area contributed by atoms with Crippen molar-refractivity contribution >= 4 is 11.9 Å². The summed E-state index contributed by atoms with van der Waals surface area (Å²) in [6, 6.07) is 9.37. The number of ketones is 1. The van der Waals surface area contributed by atoms with Gasteiger partial charge < -0.3 is 20.1 Å². The Bertz CT molecular complexity index is 770. The molecule has 0 spiro atoms. The van der Waals surface area contributed by atoms with Crippen molar-refractivity contribution < 1.29 is 24.9 Å². The molecule has 2 rings (SSSR count). The summed E-state index contributed by atoms with van der Waals surface area (Å²) >= 11 is 0. The zero-order valence-corrected chi connectivity index (χ0v) is 16.2. The molecule has 0 fully saturated rings. The van der Waals surface area contributed by atoms with Gasteiger partial charge in [0.1, 0.15) is 28.6 Å². The smallest absolute Gasteiger partial charge is 0.193 e. The van der Waals surface area contributed by atoms with Gasteiger partial charge in [0.25, 0.3) is 0 Å². The second-order valence-corrected chi connectivity index (χ2v) is 6.74. The van der Waals surface area contributed by atoms with Crippen molar-refractivity contribution in [2.24, 2.45) is 0 Å². The Labute approximate surface area is 165 Å². The molecule has 0 aliphatic carbocycles. The monoisotopic (exact) mass is 384 g/mol. The first-order valence-corrected chi connectivity index (χ1v) is 9.71. The van der Waals surface area contributed by atoms with E-state index in [9.17, 15) is 20.1 Å². The Morgan fingerprint density at radius 1 is 0.929 bits per heavy atom. The summed E-state index contributed by atoms with van der Waals surface area (Å²) in [5.74, 6) is -1.02. The second kappa shape index (κ2) is 11.0.